The second-order valence-corrected chi connectivity index (χ2v) is 4.82. The van der Waals surface area contributed by atoms with Crippen molar-refractivity contribution < 1.29 is 0 Å². The highest BCUT2D eigenvalue weighted by molar-refractivity contribution is 4.99. The van der Waals surface area contributed by atoms with E-state index >= 15 is 0 Å². The van der Waals surface area contributed by atoms with Gasteiger partial charge in [0, 0.05) is 12.7 Å². The van der Waals surface area contributed by atoms with Crippen LogP contribution in [0.2, 0.25) is 0 Å². The Bertz CT molecular complexity index is 298. The SMILES string of the molecule is Cc1cnn(CCC2CCN(C)CC2)c1. The van der Waals surface area contributed by atoms with Gasteiger partial charge < -0.3 is 4.90 Å². The zero-order valence-corrected chi connectivity index (χ0v) is 9.82. The molecule has 0 aliphatic carbocycles. The maximum Gasteiger partial charge on any atom is 0.0518 e. The zero-order chi connectivity index (χ0) is 10.7. The van der Waals surface area contributed by atoms with Crippen molar-refractivity contribution in [2.45, 2.75) is 32.7 Å². The van der Waals surface area contributed by atoms with Gasteiger partial charge in [-0.3, -0.25) is 4.68 Å². The lowest BCUT2D eigenvalue weighted by molar-refractivity contribution is 0.206. The van der Waals surface area contributed by atoms with E-state index in [0.717, 1.165) is 12.5 Å². The van der Waals surface area contributed by atoms with E-state index in [4.69, 9.17) is 0 Å². The summed E-state index contributed by atoms with van der Waals surface area (Å²) in [7, 11) is 2.22. The molecule has 84 valence electrons. The molecule has 0 atom stereocenters. The molecule has 0 radical (unpaired) electrons. The first-order valence-electron chi connectivity index (χ1n) is 5.91. The number of rotatable bonds is 3. The molecule has 1 aromatic heterocycles. The van der Waals surface area contributed by atoms with Crippen molar-refractivity contribution in [3.05, 3.63) is 18.0 Å². The maximum atomic E-state index is 4.32. The first-order chi connectivity index (χ1) is 7.24. The molecule has 3 nitrogen and oxygen atoms in total. The molecule has 0 bridgehead atoms. The summed E-state index contributed by atoms with van der Waals surface area (Å²) in [5, 5.41) is 4.32. The van der Waals surface area contributed by atoms with E-state index < -0.39 is 0 Å². The van der Waals surface area contributed by atoms with Gasteiger partial charge in [0.15, 0.2) is 0 Å². The van der Waals surface area contributed by atoms with Gasteiger partial charge in [-0.15, -0.1) is 0 Å². The van der Waals surface area contributed by atoms with Crippen molar-refractivity contribution in [3.63, 3.8) is 0 Å². The topological polar surface area (TPSA) is 21.1 Å². The second-order valence-electron chi connectivity index (χ2n) is 4.82. The van der Waals surface area contributed by atoms with Crippen LogP contribution in [0.25, 0.3) is 0 Å². The van der Waals surface area contributed by atoms with Crippen LogP contribution in [0, 0.1) is 12.8 Å². The van der Waals surface area contributed by atoms with E-state index in [1.54, 1.807) is 0 Å². The van der Waals surface area contributed by atoms with Crippen LogP contribution in [-0.4, -0.2) is 34.8 Å². The van der Waals surface area contributed by atoms with Crippen molar-refractivity contribution in [1.82, 2.24) is 14.7 Å². The highest BCUT2D eigenvalue weighted by atomic mass is 15.3. The summed E-state index contributed by atoms with van der Waals surface area (Å²) in [5.74, 6) is 0.908. The third-order valence-corrected chi connectivity index (χ3v) is 3.37. The summed E-state index contributed by atoms with van der Waals surface area (Å²) in [4.78, 5) is 2.43. The maximum absolute atomic E-state index is 4.32. The van der Waals surface area contributed by atoms with E-state index in [1.165, 1.54) is 37.9 Å². The molecule has 3 heteroatoms. The van der Waals surface area contributed by atoms with Crippen LogP contribution >= 0.6 is 0 Å². The molecule has 1 fully saturated rings. The van der Waals surface area contributed by atoms with Crippen molar-refractivity contribution in [2.75, 3.05) is 20.1 Å². The van der Waals surface area contributed by atoms with E-state index in [2.05, 4.69) is 34.8 Å². The number of likely N-dealkylation sites (tertiary alicyclic amines) is 1. The number of aryl methyl sites for hydroxylation is 2. The zero-order valence-electron chi connectivity index (χ0n) is 9.82. The van der Waals surface area contributed by atoms with Crippen LogP contribution in [0.4, 0.5) is 0 Å². The summed E-state index contributed by atoms with van der Waals surface area (Å²) >= 11 is 0. The lowest BCUT2D eigenvalue weighted by atomic mass is 9.94. The Morgan fingerprint density at radius 2 is 2.13 bits per heavy atom. The number of piperidine rings is 1. The quantitative estimate of drug-likeness (QED) is 0.755. The molecule has 0 N–H and O–H groups in total. The van der Waals surface area contributed by atoms with Gasteiger partial charge in [-0.25, -0.2) is 0 Å². The van der Waals surface area contributed by atoms with Crippen molar-refractivity contribution in [1.29, 1.82) is 0 Å². The molecular formula is C12H21N3. The van der Waals surface area contributed by atoms with Gasteiger partial charge in [0.05, 0.1) is 6.20 Å². The summed E-state index contributed by atoms with van der Waals surface area (Å²) in [6.45, 7) is 5.72. The molecule has 15 heavy (non-hydrogen) atoms. The average Bonchev–Trinajstić information content (AvgIpc) is 2.64. The Hall–Kier alpha value is -0.830. The number of hydrogen-bond donors (Lipinski definition) is 0. The van der Waals surface area contributed by atoms with Gasteiger partial charge in [-0.05, 0) is 57.8 Å². The van der Waals surface area contributed by atoms with Gasteiger partial charge in [0.25, 0.3) is 0 Å². The van der Waals surface area contributed by atoms with E-state index in [-0.39, 0.29) is 0 Å². The van der Waals surface area contributed by atoms with Crippen LogP contribution in [0.5, 0.6) is 0 Å². The Morgan fingerprint density at radius 1 is 1.40 bits per heavy atom. The molecule has 0 unspecified atom stereocenters. The Morgan fingerprint density at radius 3 is 2.73 bits per heavy atom. The minimum atomic E-state index is 0.908. The summed E-state index contributed by atoms with van der Waals surface area (Å²) < 4.78 is 2.08. The Kier molecular flexibility index (Phi) is 3.41. The van der Waals surface area contributed by atoms with Gasteiger partial charge in [0.1, 0.15) is 0 Å². The first-order valence-corrected chi connectivity index (χ1v) is 5.91. The van der Waals surface area contributed by atoms with Crippen LogP contribution in [0.3, 0.4) is 0 Å². The molecule has 0 amide bonds. The molecule has 0 aromatic carbocycles. The molecule has 0 saturated carbocycles. The fourth-order valence-corrected chi connectivity index (χ4v) is 2.25. The predicted molar refractivity (Wildman–Crippen MR) is 61.8 cm³/mol. The number of aromatic nitrogens is 2. The smallest absolute Gasteiger partial charge is 0.0518 e. The molecule has 1 aliphatic heterocycles. The van der Waals surface area contributed by atoms with Gasteiger partial charge in [-0.1, -0.05) is 0 Å². The van der Waals surface area contributed by atoms with E-state index in [9.17, 15) is 0 Å². The third-order valence-electron chi connectivity index (χ3n) is 3.37. The lowest BCUT2D eigenvalue weighted by Crippen LogP contribution is -2.30. The van der Waals surface area contributed by atoms with Crippen molar-refractivity contribution in [3.8, 4) is 0 Å². The van der Waals surface area contributed by atoms with Gasteiger partial charge >= 0.3 is 0 Å². The standard InChI is InChI=1S/C12H21N3/c1-11-9-13-15(10-11)8-5-12-3-6-14(2)7-4-12/h9-10,12H,3-8H2,1-2H3. The summed E-state index contributed by atoms with van der Waals surface area (Å²) in [6, 6.07) is 0. The fraction of sp³-hybridized carbons (Fsp3) is 0.750. The monoisotopic (exact) mass is 207 g/mol. The highest BCUT2D eigenvalue weighted by Crippen LogP contribution is 2.19. The Labute approximate surface area is 92.1 Å². The van der Waals surface area contributed by atoms with Gasteiger partial charge in [-0.2, -0.15) is 5.10 Å². The summed E-state index contributed by atoms with van der Waals surface area (Å²) in [5.41, 5.74) is 1.26. The molecule has 1 saturated heterocycles. The van der Waals surface area contributed by atoms with Crippen LogP contribution in [0.15, 0.2) is 12.4 Å². The lowest BCUT2D eigenvalue weighted by Gasteiger charge is -2.28. The Balaban J connectivity index is 1.74. The van der Waals surface area contributed by atoms with E-state index in [0.29, 0.717) is 0 Å². The molecule has 1 aliphatic rings. The molecule has 1 aromatic rings. The van der Waals surface area contributed by atoms with E-state index in [1.807, 2.05) is 6.20 Å². The normalized spacial score (nSPS) is 19.6. The molecule has 2 heterocycles. The molecule has 0 spiro atoms. The van der Waals surface area contributed by atoms with Crippen molar-refractivity contribution >= 4 is 0 Å². The van der Waals surface area contributed by atoms with Crippen LogP contribution in [0.1, 0.15) is 24.8 Å². The average molecular weight is 207 g/mol. The summed E-state index contributed by atoms with van der Waals surface area (Å²) in [6.07, 6.45) is 8.08. The minimum Gasteiger partial charge on any atom is -0.306 e. The molecule has 2 rings (SSSR count). The van der Waals surface area contributed by atoms with Gasteiger partial charge in [0.2, 0.25) is 0 Å². The fourth-order valence-electron chi connectivity index (χ4n) is 2.25. The number of nitrogens with zero attached hydrogens (tertiary/aromatic N) is 3. The van der Waals surface area contributed by atoms with Crippen LogP contribution in [-0.2, 0) is 6.54 Å². The predicted octanol–water partition coefficient (Wildman–Crippen LogP) is 1.92. The largest absolute Gasteiger partial charge is 0.306 e. The minimum absolute atomic E-state index is 0.908. The molecular weight excluding hydrogens is 186 g/mol. The van der Waals surface area contributed by atoms with Crippen molar-refractivity contribution in [2.24, 2.45) is 5.92 Å². The highest BCUT2D eigenvalue weighted by Gasteiger charge is 2.16. The number of hydrogen-bond acceptors (Lipinski definition) is 2. The van der Waals surface area contributed by atoms with Crippen LogP contribution < -0.4 is 0 Å². The second kappa shape index (κ2) is 4.79. The first kappa shape index (κ1) is 10.7. The third kappa shape index (κ3) is 3.06.